The van der Waals surface area contributed by atoms with Crippen LogP contribution in [0.1, 0.15) is 32.1 Å². The summed E-state index contributed by atoms with van der Waals surface area (Å²) in [6, 6.07) is 9.11. The van der Waals surface area contributed by atoms with Gasteiger partial charge in [-0.3, -0.25) is 14.4 Å². The van der Waals surface area contributed by atoms with Gasteiger partial charge in [-0.15, -0.1) is 0 Å². The first kappa shape index (κ1) is 14.8. The van der Waals surface area contributed by atoms with Crippen molar-refractivity contribution >= 4 is 23.3 Å². The van der Waals surface area contributed by atoms with Crippen molar-refractivity contribution in [3.05, 3.63) is 30.3 Å². The predicted octanol–water partition coefficient (Wildman–Crippen LogP) is 1.67. The Kier molecular flexibility index (Phi) is 4.22. The van der Waals surface area contributed by atoms with E-state index in [1.54, 1.807) is 12.1 Å². The number of anilines is 1. The lowest BCUT2D eigenvalue weighted by Gasteiger charge is -2.23. The minimum Gasteiger partial charge on any atom is -0.352 e. The summed E-state index contributed by atoms with van der Waals surface area (Å²) in [6.07, 6.45) is 5.24. The van der Waals surface area contributed by atoms with Crippen molar-refractivity contribution in [3.8, 4) is 0 Å². The van der Waals surface area contributed by atoms with E-state index < -0.39 is 17.7 Å². The summed E-state index contributed by atoms with van der Waals surface area (Å²) in [5.41, 5.74) is 0.661. The molecule has 1 aromatic rings. The first-order valence-corrected chi connectivity index (χ1v) is 7.86. The van der Waals surface area contributed by atoms with E-state index in [2.05, 4.69) is 5.32 Å². The number of benzene rings is 1. The molecule has 2 aliphatic rings. The van der Waals surface area contributed by atoms with E-state index in [1.165, 1.54) is 11.3 Å². The molecule has 116 valence electrons. The normalized spacial score (nSPS) is 22.9. The van der Waals surface area contributed by atoms with Crippen LogP contribution in [0.3, 0.4) is 0 Å². The lowest BCUT2D eigenvalue weighted by molar-refractivity contribution is -0.137. The summed E-state index contributed by atoms with van der Waals surface area (Å²) in [5, 5.41) is 2.89. The summed E-state index contributed by atoms with van der Waals surface area (Å²) >= 11 is 0. The van der Waals surface area contributed by atoms with Crippen molar-refractivity contribution in [2.45, 2.75) is 38.1 Å². The molecule has 0 radical (unpaired) electrons. The molecule has 3 rings (SSSR count). The largest absolute Gasteiger partial charge is 0.352 e. The summed E-state index contributed by atoms with van der Waals surface area (Å²) in [5.74, 6) is -2.34. The molecule has 1 aromatic carbocycles. The second kappa shape index (κ2) is 6.30. The Balaban J connectivity index is 1.70. The third-order valence-electron chi connectivity index (χ3n) is 4.43. The maximum absolute atomic E-state index is 12.4. The van der Waals surface area contributed by atoms with Gasteiger partial charge in [-0.2, -0.15) is 0 Å². The number of ketones is 1. The minimum atomic E-state index is -1.18. The average Bonchev–Trinajstić information content (AvgIpc) is 2.84. The summed E-state index contributed by atoms with van der Waals surface area (Å²) < 4.78 is 0. The Labute approximate surface area is 129 Å². The molecule has 0 bridgehead atoms. The van der Waals surface area contributed by atoms with Crippen molar-refractivity contribution in [2.75, 3.05) is 11.4 Å². The lowest BCUT2D eigenvalue weighted by atomic mass is 9.94. The molecule has 2 amide bonds. The summed E-state index contributed by atoms with van der Waals surface area (Å²) in [4.78, 5) is 38.3. The van der Waals surface area contributed by atoms with Crippen LogP contribution in [-0.4, -0.2) is 30.2 Å². The number of rotatable bonds is 3. The molecule has 5 nitrogen and oxygen atoms in total. The number of hydrogen-bond acceptors (Lipinski definition) is 3. The minimum absolute atomic E-state index is 0.0222. The van der Waals surface area contributed by atoms with Crippen molar-refractivity contribution < 1.29 is 14.4 Å². The molecule has 1 saturated carbocycles. The zero-order valence-corrected chi connectivity index (χ0v) is 12.5. The number of amides is 2. The van der Waals surface area contributed by atoms with Gasteiger partial charge >= 0.3 is 0 Å². The molecule has 1 atom stereocenters. The number of nitrogens with one attached hydrogen (secondary N) is 1. The van der Waals surface area contributed by atoms with Gasteiger partial charge in [0.05, 0.1) is 6.54 Å². The zero-order valence-electron chi connectivity index (χ0n) is 12.5. The number of nitrogens with zero attached hydrogens (tertiary/aromatic N) is 1. The molecule has 0 unspecified atom stereocenters. The van der Waals surface area contributed by atoms with Crippen LogP contribution >= 0.6 is 0 Å². The van der Waals surface area contributed by atoms with E-state index in [9.17, 15) is 14.4 Å². The SMILES string of the molecule is O=C1CN(c2ccccc2)C(=O)[C@@H]1C(=O)NC1CCCCC1. The van der Waals surface area contributed by atoms with Gasteiger partial charge < -0.3 is 10.2 Å². The first-order valence-electron chi connectivity index (χ1n) is 7.86. The standard InChI is InChI=1S/C17H20N2O3/c20-14-11-19(13-9-5-2-6-10-13)17(22)15(14)16(21)18-12-7-3-1-4-8-12/h2,5-6,9-10,12,15H,1,3-4,7-8,11H2,(H,18,21)/t15-/m0/s1. The van der Waals surface area contributed by atoms with Gasteiger partial charge in [-0.05, 0) is 25.0 Å². The predicted molar refractivity (Wildman–Crippen MR) is 82.3 cm³/mol. The van der Waals surface area contributed by atoms with Crippen LogP contribution in [-0.2, 0) is 14.4 Å². The Morgan fingerprint density at radius 3 is 2.41 bits per heavy atom. The van der Waals surface area contributed by atoms with Crippen LogP contribution < -0.4 is 10.2 Å². The van der Waals surface area contributed by atoms with Gasteiger partial charge in [0.15, 0.2) is 11.7 Å². The summed E-state index contributed by atoms with van der Waals surface area (Å²) in [7, 11) is 0. The summed E-state index contributed by atoms with van der Waals surface area (Å²) in [6.45, 7) is -0.0222. The maximum Gasteiger partial charge on any atom is 0.247 e. The molecular formula is C17H20N2O3. The molecule has 2 fully saturated rings. The zero-order chi connectivity index (χ0) is 15.5. The fraction of sp³-hybridized carbons (Fsp3) is 0.471. The molecule has 0 spiro atoms. The number of Topliss-reactive ketones (excluding diaryl/α,β-unsaturated/α-hetero) is 1. The number of hydrogen-bond donors (Lipinski definition) is 1. The molecule has 22 heavy (non-hydrogen) atoms. The van der Waals surface area contributed by atoms with Crippen molar-refractivity contribution in [2.24, 2.45) is 5.92 Å². The fourth-order valence-electron chi connectivity index (χ4n) is 3.23. The molecule has 5 heteroatoms. The first-order chi connectivity index (χ1) is 10.7. The van der Waals surface area contributed by atoms with Gasteiger partial charge in [0.1, 0.15) is 0 Å². The molecule has 1 heterocycles. The van der Waals surface area contributed by atoms with Crippen molar-refractivity contribution in [1.29, 1.82) is 0 Å². The Hall–Kier alpha value is -2.17. The van der Waals surface area contributed by atoms with Crippen LogP contribution in [0.2, 0.25) is 0 Å². The van der Waals surface area contributed by atoms with Crippen LogP contribution in [0.5, 0.6) is 0 Å². The topological polar surface area (TPSA) is 66.5 Å². The quantitative estimate of drug-likeness (QED) is 0.863. The Morgan fingerprint density at radius 2 is 1.73 bits per heavy atom. The van der Waals surface area contributed by atoms with E-state index in [1.807, 2.05) is 18.2 Å². The van der Waals surface area contributed by atoms with Crippen LogP contribution in [0.4, 0.5) is 5.69 Å². The van der Waals surface area contributed by atoms with Crippen LogP contribution in [0.15, 0.2) is 30.3 Å². The van der Waals surface area contributed by atoms with E-state index in [4.69, 9.17) is 0 Å². The molecule has 1 aliphatic heterocycles. The van der Waals surface area contributed by atoms with E-state index in [0.29, 0.717) is 5.69 Å². The van der Waals surface area contributed by atoms with Crippen molar-refractivity contribution in [1.82, 2.24) is 5.32 Å². The highest BCUT2D eigenvalue weighted by atomic mass is 16.2. The highest BCUT2D eigenvalue weighted by Gasteiger charge is 2.45. The second-order valence-corrected chi connectivity index (χ2v) is 6.00. The molecule has 1 aliphatic carbocycles. The average molecular weight is 300 g/mol. The highest BCUT2D eigenvalue weighted by molar-refractivity contribution is 6.28. The van der Waals surface area contributed by atoms with Crippen LogP contribution in [0, 0.1) is 5.92 Å². The van der Waals surface area contributed by atoms with Crippen LogP contribution in [0.25, 0.3) is 0 Å². The highest BCUT2D eigenvalue weighted by Crippen LogP contribution is 2.24. The number of carbonyl (C=O) groups excluding carboxylic acids is 3. The van der Waals surface area contributed by atoms with Gasteiger partial charge in [0.2, 0.25) is 11.8 Å². The Morgan fingerprint density at radius 1 is 1.05 bits per heavy atom. The second-order valence-electron chi connectivity index (χ2n) is 6.00. The third kappa shape index (κ3) is 2.89. The smallest absolute Gasteiger partial charge is 0.247 e. The fourth-order valence-corrected chi connectivity index (χ4v) is 3.23. The third-order valence-corrected chi connectivity index (χ3v) is 4.43. The van der Waals surface area contributed by atoms with Gasteiger partial charge in [0, 0.05) is 11.7 Å². The Bertz CT molecular complexity index is 579. The van der Waals surface area contributed by atoms with E-state index >= 15 is 0 Å². The van der Waals surface area contributed by atoms with Crippen molar-refractivity contribution in [3.63, 3.8) is 0 Å². The number of para-hydroxylation sites is 1. The van der Waals surface area contributed by atoms with Gasteiger partial charge in [0.25, 0.3) is 0 Å². The molecular weight excluding hydrogens is 280 g/mol. The molecule has 0 aromatic heterocycles. The monoisotopic (exact) mass is 300 g/mol. The number of carbonyl (C=O) groups is 3. The maximum atomic E-state index is 12.4. The van der Waals surface area contributed by atoms with Gasteiger partial charge in [-0.25, -0.2) is 0 Å². The van der Waals surface area contributed by atoms with E-state index in [0.717, 1.165) is 25.7 Å². The lowest BCUT2D eigenvalue weighted by Crippen LogP contribution is -2.44. The molecule has 1 N–H and O–H groups in total. The van der Waals surface area contributed by atoms with Gasteiger partial charge in [-0.1, -0.05) is 37.5 Å². The molecule has 1 saturated heterocycles. The van der Waals surface area contributed by atoms with E-state index in [-0.39, 0.29) is 18.4 Å².